The van der Waals surface area contributed by atoms with E-state index in [1.165, 1.54) is 0 Å². The minimum atomic E-state index is -0.199. The largest absolute Gasteiger partial charge is 0.457 e. The molecule has 2 rings (SSSR count). The van der Waals surface area contributed by atoms with Gasteiger partial charge in [0.2, 0.25) is 0 Å². The molecule has 0 saturated heterocycles. The van der Waals surface area contributed by atoms with E-state index >= 15 is 0 Å². The second-order valence-electron chi connectivity index (χ2n) is 2.23. The number of rotatable bonds is 0. The highest BCUT2D eigenvalue weighted by atomic mass is 18.3. The molecule has 0 N–H and O–H groups in total. The SMILES string of the molecule is O=C1[18O]Cc2ccccc21. The molecule has 0 bridgehead atoms. The molecule has 10 heavy (non-hydrogen) atoms. The van der Waals surface area contributed by atoms with Crippen molar-refractivity contribution in [3.8, 4) is 0 Å². The van der Waals surface area contributed by atoms with E-state index in [1.54, 1.807) is 6.07 Å². The molecular formula is C8H6O2. The van der Waals surface area contributed by atoms with Crippen molar-refractivity contribution in [1.82, 2.24) is 0 Å². The van der Waals surface area contributed by atoms with Gasteiger partial charge < -0.3 is 4.74 Å². The van der Waals surface area contributed by atoms with Gasteiger partial charge in [-0.15, -0.1) is 0 Å². The van der Waals surface area contributed by atoms with Crippen LogP contribution in [-0.4, -0.2) is 5.97 Å². The maximum Gasteiger partial charge on any atom is 0.338 e. The van der Waals surface area contributed by atoms with Crippen LogP contribution in [-0.2, 0) is 11.3 Å². The zero-order valence-corrected chi connectivity index (χ0v) is 5.33. The summed E-state index contributed by atoms with van der Waals surface area (Å²) < 4.78 is 4.78. The molecule has 2 nitrogen and oxygen atoms in total. The smallest absolute Gasteiger partial charge is 0.338 e. The van der Waals surface area contributed by atoms with E-state index in [1.807, 2.05) is 18.2 Å². The summed E-state index contributed by atoms with van der Waals surface area (Å²) in [5.74, 6) is -0.199. The Hall–Kier alpha value is -1.31. The normalized spacial score (nSPS) is 14.6. The Kier molecular flexibility index (Phi) is 1.01. The van der Waals surface area contributed by atoms with Crippen molar-refractivity contribution in [2.24, 2.45) is 0 Å². The minimum absolute atomic E-state index is 0.199. The Morgan fingerprint density at radius 3 is 2.90 bits per heavy atom. The Morgan fingerprint density at radius 1 is 1.30 bits per heavy atom. The highest BCUT2D eigenvalue weighted by Gasteiger charge is 2.18. The first kappa shape index (κ1) is 5.47. The monoisotopic (exact) mass is 136 g/mol. The number of hydrogen-bond donors (Lipinski definition) is 0. The molecular weight excluding hydrogens is 130 g/mol. The summed E-state index contributed by atoms with van der Waals surface area (Å²) in [6.07, 6.45) is 0. The zero-order chi connectivity index (χ0) is 6.97. The predicted molar refractivity (Wildman–Crippen MR) is 35.6 cm³/mol. The van der Waals surface area contributed by atoms with Gasteiger partial charge >= 0.3 is 5.97 Å². The highest BCUT2D eigenvalue weighted by Crippen LogP contribution is 2.17. The Bertz CT molecular complexity index is 278. The molecule has 0 atom stereocenters. The van der Waals surface area contributed by atoms with Gasteiger partial charge in [0.05, 0.1) is 5.56 Å². The minimum Gasteiger partial charge on any atom is -0.457 e. The molecule has 0 unspecified atom stereocenters. The number of benzene rings is 1. The predicted octanol–water partition coefficient (Wildman–Crippen LogP) is 1.36. The van der Waals surface area contributed by atoms with Crippen molar-refractivity contribution in [1.29, 1.82) is 0 Å². The molecule has 1 aromatic rings. The average molecular weight is 136 g/mol. The van der Waals surface area contributed by atoms with Gasteiger partial charge in [0.25, 0.3) is 0 Å². The molecule has 2 heteroatoms. The second-order valence-corrected chi connectivity index (χ2v) is 2.23. The first-order valence-corrected chi connectivity index (χ1v) is 3.13. The summed E-state index contributed by atoms with van der Waals surface area (Å²) in [6.45, 7) is 0.439. The Balaban J connectivity index is 2.61. The van der Waals surface area contributed by atoms with E-state index in [9.17, 15) is 4.79 Å². The fraction of sp³-hybridized carbons (Fsp3) is 0.125. The van der Waals surface area contributed by atoms with E-state index in [-0.39, 0.29) is 5.97 Å². The van der Waals surface area contributed by atoms with Crippen LogP contribution in [0, 0.1) is 0 Å². The molecule has 0 spiro atoms. The second kappa shape index (κ2) is 1.84. The lowest BCUT2D eigenvalue weighted by Crippen LogP contribution is -1.91. The molecule has 0 aromatic heterocycles. The topological polar surface area (TPSA) is 26.3 Å². The van der Waals surface area contributed by atoms with Gasteiger partial charge in [-0.1, -0.05) is 18.2 Å². The fourth-order valence-electron chi connectivity index (χ4n) is 1.07. The molecule has 0 amide bonds. The van der Waals surface area contributed by atoms with Crippen molar-refractivity contribution in [2.45, 2.75) is 6.61 Å². The number of carbonyl (C=O) groups excluding carboxylic acids is 1. The van der Waals surface area contributed by atoms with Crippen LogP contribution in [0.15, 0.2) is 24.3 Å². The lowest BCUT2D eigenvalue weighted by molar-refractivity contribution is 0.0535. The molecule has 0 radical (unpaired) electrons. The number of hydrogen-bond acceptors (Lipinski definition) is 2. The van der Waals surface area contributed by atoms with Crippen LogP contribution in [0.25, 0.3) is 0 Å². The van der Waals surface area contributed by atoms with Gasteiger partial charge in [0.1, 0.15) is 6.61 Å². The summed E-state index contributed by atoms with van der Waals surface area (Å²) in [4.78, 5) is 10.8. The Morgan fingerprint density at radius 2 is 2.10 bits per heavy atom. The maximum atomic E-state index is 10.8. The Labute approximate surface area is 58.4 Å². The van der Waals surface area contributed by atoms with Crippen LogP contribution in [0.2, 0.25) is 0 Å². The van der Waals surface area contributed by atoms with E-state index in [0.717, 1.165) is 5.56 Å². The van der Waals surface area contributed by atoms with Gasteiger partial charge in [0.15, 0.2) is 0 Å². The number of esters is 1. The molecule has 0 aliphatic carbocycles. The number of ether oxygens (including phenoxy) is 1. The lowest BCUT2D eigenvalue weighted by Gasteiger charge is -1.87. The molecule has 1 heterocycles. The summed E-state index contributed by atoms with van der Waals surface area (Å²) >= 11 is 0. The quantitative estimate of drug-likeness (QED) is 0.397. The van der Waals surface area contributed by atoms with E-state index < -0.39 is 0 Å². The summed E-state index contributed by atoms with van der Waals surface area (Å²) in [5.41, 5.74) is 1.70. The van der Waals surface area contributed by atoms with E-state index in [2.05, 4.69) is 0 Å². The third-order valence-electron chi connectivity index (χ3n) is 1.60. The first-order valence-electron chi connectivity index (χ1n) is 3.13. The first-order chi connectivity index (χ1) is 4.88. The van der Waals surface area contributed by atoms with Gasteiger partial charge in [-0.3, -0.25) is 0 Å². The maximum absolute atomic E-state index is 10.8. The van der Waals surface area contributed by atoms with Crippen molar-refractivity contribution in [2.75, 3.05) is 0 Å². The van der Waals surface area contributed by atoms with Crippen LogP contribution < -0.4 is 0 Å². The lowest BCUT2D eigenvalue weighted by atomic mass is 10.1. The van der Waals surface area contributed by atoms with Crippen LogP contribution in [0.1, 0.15) is 15.9 Å². The summed E-state index contributed by atoms with van der Waals surface area (Å²) in [5, 5.41) is 0. The zero-order valence-electron chi connectivity index (χ0n) is 5.33. The summed E-state index contributed by atoms with van der Waals surface area (Å²) in [7, 11) is 0. The van der Waals surface area contributed by atoms with Crippen LogP contribution in [0.5, 0.6) is 0 Å². The fourth-order valence-corrected chi connectivity index (χ4v) is 1.07. The van der Waals surface area contributed by atoms with Gasteiger partial charge in [-0.05, 0) is 6.07 Å². The van der Waals surface area contributed by atoms with Gasteiger partial charge in [0, 0.05) is 5.56 Å². The third kappa shape index (κ3) is 0.620. The van der Waals surface area contributed by atoms with Crippen molar-refractivity contribution < 1.29 is 9.53 Å². The van der Waals surface area contributed by atoms with E-state index in [4.69, 9.17) is 4.74 Å². The molecule has 1 aliphatic rings. The standard InChI is InChI=1S/C8H6O2/c9-8-7-4-2-1-3-6(7)5-10-8/h1-4H,5H2/i10+2. The molecule has 50 valence electrons. The highest BCUT2D eigenvalue weighted by molar-refractivity contribution is 5.93. The van der Waals surface area contributed by atoms with Crippen molar-refractivity contribution >= 4 is 5.97 Å². The van der Waals surface area contributed by atoms with Crippen LogP contribution >= 0.6 is 0 Å². The number of cyclic esters (lactones) is 1. The van der Waals surface area contributed by atoms with Gasteiger partial charge in [-0.2, -0.15) is 0 Å². The molecule has 0 saturated carbocycles. The van der Waals surface area contributed by atoms with Gasteiger partial charge in [-0.25, -0.2) is 4.79 Å². The average Bonchev–Trinajstić information content (AvgIpc) is 2.34. The van der Waals surface area contributed by atoms with Crippen LogP contribution in [0.4, 0.5) is 0 Å². The molecule has 0 fully saturated rings. The molecule has 1 aliphatic heterocycles. The van der Waals surface area contributed by atoms with Crippen LogP contribution in [0.3, 0.4) is 0 Å². The third-order valence-corrected chi connectivity index (χ3v) is 1.60. The van der Waals surface area contributed by atoms with Crippen molar-refractivity contribution in [3.63, 3.8) is 0 Å². The number of carbonyl (C=O) groups is 1. The molecule has 1 aromatic carbocycles. The van der Waals surface area contributed by atoms with E-state index in [0.29, 0.717) is 12.2 Å². The van der Waals surface area contributed by atoms with Crippen molar-refractivity contribution in [3.05, 3.63) is 35.4 Å². The summed E-state index contributed by atoms with van der Waals surface area (Å²) in [6, 6.07) is 7.43. The number of fused-ring (bicyclic) bond motifs is 1.